The first kappa shape index (κ1) is 20.0. The summed E-state index contributed by atoms with van der Waals surface area (Å²) in [4.78, 5) is 51.4. The zero-order chi connectivity index (χ0) is 22.3. The van der Waals surface area contributed by atoms with Crippen LogP contribution in [0, 0.1) is 13.8 Å². The number of amides is 4. The Bertz CT molecular complexity index is 1280. The molecule has 31 heavy (non-hydrogen) atoms. The summed E-state index contributed by atoms with van der Waals surface area (Å²) in [7, 11) is 0. The standard InChI is InChI=1S/C24H19N3O4/c1-13-7-8-14(2)20(11-13)27-23(30)16-10-9-15(12-18(16)24(27)31)22(29)26-19-6-4-3-5-17(19)21(25)28/h3-12H,1-2H3,(H2,25,28)(H,26,29). The third kappa shape index (κ3) is 3.46. The van der Waals surface area contributed by atoms with Gasteiger partial charge in [-0.15, -0.1) is 0 Å². The molecule has 0 spiro atoms. The van der Waals surface area contributed by atoms with Gasteiger partial charge in [0.2, 0.25) is 0 Å². The van der Waals surface area contributed by atoms with E-state index < -0.39 is 23.6 Å². The first-order valence-electron chi connectivity index (χ1n) is 9.58. The molecule has 0 bridgehead atoms. The van der Waals surface area contributed by atoms with E-state index in [1.807, 2.05) is 26.0 Å². The fourth-order valence-corrected chi connectivity index (χ4v) is 3.56. The second kappa shape index (κ2) is 7.53. The lowest BCUT2D eigenvalue weighted by atomic mass is 10.0. The van der Waals surface area contributed by atoms with Gasteiger partial charge < -0.3 is 11.1 Å². The van der Waals surface area contributed by atoms with Gasteiger partial charge in [-0.05, 0) is 61.4 Å². The minimum Gasteiger partial charge on any atom is -0.366 e. The predicted octanol–water partition coefficient (Wildman–Crippen LogP) is 3.46. The molecule has 0 saturated heterocycles. The van der Waals surface area contributed by atoms with E-state index in [2.05, 4.69) is 5.32 Å². The van der Waals surface area contributed by atoms with Crippen LogP contribution < -0.4 is 16.0 Å². The number of anilines is 2. The molecular weight excluding hydrogens is 394 g/mol. The summed E-state index contributed by atoms with van der Waals surface area (Å²) in [6.45, 7) is 3.71. The summed E-state index contributed by atoms with van der Waals surface area (Å²) in [5.41, 5.74) is 8.59. The van der Waals surface area contributed by atoms with Gasteiger partial charge in [-0.1, -0.05) is 24.3 Å². The SMILES string of the molecule is Cc1ccc(C)c(N2C(=O)c3ccc(C(=O)Nc4ccccc4C(N)=O)cc3C2=O)c1. The minimum absolute atomic E-state index is 0.154. The summed E-state index contributed by atoms with van der Waals surface area (Å²) >= 11 is 0. The van der Waals surface area contributed by atoms with Crippen LogP contribution in [0.25, 0.3) is 0 Å². The summed E-state index contributed by atoms with van der Waals surface area (Å²) in [6.07, 6.45) is 0. The molecule has 154 valence electrons. The van der Waals surface area contributed by atoms with Crippen molar-refractivity contribution in [3.63, 3.8) is 0 Å². The minimum atomic E-state index is -0.671. The number of aryl methyl sites for hydroxylation is 2. The Labute approximate surface area is 178 Å². The number of primary amides is 1. The van der Waals surface area contributed by atoms with Crippen molar-refractivity contribution >= 4 is 35.0 Å². The Morgan fingerprint density at radius 2 is 1.58 bits per heavy atom. The Morgan fingerprint density at radius 1 is 0.871 bits per heavy atom. The van der Waals surface area contributed by atoms with E-state index in [1.54, 1.807) is 24.3 Å². The largest absolute Gasteiger partial charge is 0.366 e. The monoisotopic (exact) mass is 413 g/mol. The number of benzene rings is 3. The number of hydrogen-bond acceptors (Lipinski definition) is 4. The molecule has 0 unspecified atom stereocenters. The fourth-order valence-electron chi connectivity index (χ4n) is 3.56. The summed E-state index contributed by atoms with van der Waals surface area (Å²) in [5.74, 6) is -2.11. The number of carbonyl (C=O) groups excluding carboxylic acids is 4. The van der Waals surface area contributed by atoms with Crippen LogP contribution in [0.2, 0.25) is 0 Å². The first-order valence-corrected chi connectivity index (χ1v) is 9.58. The van der Waals surface area contributed by atoms with Crippen LogP contribution in [0.3, 0.4) is 0 Å². The van der Waals surface area contributed by atoms with Gasteiger partial charge in [0.1, 0.15) is 0 Å². The lowest BCUT2D eigenvalue weighted by Gasteiger charge is -2.17. The molecule has 0 fully saturated rings. The number of nitrogens with zero attached hydrogens (tertiary/aromatic N) is 1. The highest BCUT2D eigenvalue weighted by Gasteiger charge is 2.37. The zero-order valence-corrected chi connectivity index (χ0v) is 16.9. The molecule has 4 amide bonds. The van der Waals surface area contributed by atoms with Crippen LogP contribution in [-0.4, -0.2) is 23.6 Å². The van der Waals surface area contributed by atoms with Gasteiger partial charge in [0.05, 0.1) is 28.1 Å². The molecule has 3 N–H and O–H groups in total. The van der Waals surface area contributed by atoms with Crippen molar-refractivity contribution in [2.45, 2.75) is 13.8 Å². The molecule has 0 saturated carbocycles. The molecule has 1 aliphatic rings. The van der Waals surface area contributed by atoms with Gasteiger partial charge >= 0.3 is 0 Å². The number of fused-ring (bicyclic) bond motifs is 1. The van der Waals surface area contributed by atoms with Crippen LogP contribution >= 0.6 is 0 Å². The van der Waals surface area contributed by atoms with Crippen LogP contribution in [0.15, 0.2) is 60.7 Å². The number of nitrogens with two attached hydrogens (primary N) is 1. The number of rotatable bonds is 4. The van der Waals surface area contributed by atoms with Crippen molar-refractivity contribution in [2.24, 2.45) is 5.73 Å². The lowest BCUT2D eigenvalue weighted by molar-refractivity contribution is 0.0923. The lowest BCUT2D eigenvalue weighted by Crippen LogP contribution is -2.30. The summed E-state index contributed by atoms with van der Waals surface area (Å²) in [6, 6.07) is 16.2. The van der Waals surface area contributed by atoms with Gasteiger partial charge in [-0.25, -0.2) is 4.90 Å². The molecule has 0 aromatic heterocycles. The normalized spacial score (nSPS) is 12.6. The second-order valence-corrected chi connectivity index (χ2v) is 7.36. The molecule has 3 aromatic rings. The number of para-hydroxylation sites is 1. The van der Waals surface area contributed by atoms with Crippen molar-refractivity contribution in [3.05, 3.63) is 94.0 Å². The molecule has 0 atom stereocenters. The van der Waals surface area contributed by atoms with E-state index in [0.717, 1.165) is 16.0 Å². The van der Waals surface area contributed by atoms with Crippen LogP contribution in [0.5, 0.6) is 0 Å². The number of hydrogen-bond donors (Lipinski definition) is 2. The average molecular weight is 413 g/mol. The molecule has 7 nitrogen and oxygen atoms in total. The van der Waals surface area contributed by atoms with Gasteiger partial charge in [-0.2, -0.15) is 0 Å². The van der Waals surface area contributed by atoms with E-state index in [9.17, 15) is 19.2 Å². The highest BCUT2D eigenvalue weighted by molar-refractivity contribution is 6.35. The topological polar surface area (TPSA) is 110 Å². The highest BCUT2D eigenvalue weighted by atomic mass is 16.2. The van der Waals surface area contributed by atoms with Crippen LogP contribution in [0.1, 0.15) is 52.6 Å². The summed E-state index contributed by atoms with van der Waals surface area (Å²) < 4.78 is 0. The zero-order valence-electron chi connectivity index (χ0n) is 16.9. The Kier molecular flexibility index (Phi) is 4.87. The maximum absolute atomic E-state index is 13.1. The molecule has 3 aromatic carbocycles. The Balaban J connectivity index is 1.67. The van der Waals surface area contributed by atoms with E-state index in [-0.39, 0.29) is 27.9 Å². The van der Waals surface area contributed by atoms with E-state index >= 15 is 0 Å². The maximum Gasteiger partial charge on any atom is 0.266 e. The van der Waals surface area contributed by atoms with Crippen molar-refractivity contribution in [1.82, 2.24) is 0 Å². The Hall–Kier alpha value is -4.26. The van der Waals surface area contributed by atoms with Crippen molar-refractivity contribution in [1.29, 1.82) is 0 Å². The van der Waals surface area contributed by atoms with E-state index in [1.165, 1.54) is 24.3 Å². The van der Waals surface area contributed by atoms with Crippen molar-refractivity contribution < 1.29 is 19.2 Å². The van der Waals surface area contributed by atoms with Crippen molar-refractivity contribution in [3.8, 4) is 0 Å². The highest BCUT2D eigenvalue weighted by Crippen LogP contribution is 2.32. The number of nitrogens with one attached hydrogen (secondary N) is 1. The summed E-state index contributed by atoms with van der Waals surface area (Å²) in [5, 5.41) is 2.64. The number of carbonyl (C=O) groups is 4. The quantitative estimate of drug-likeness (QED) is 0.638. The third-order valence-corrected chi connectivity index (χ3v) is 5.20. The van der Waals surface area contributed by atoms with Gasteiger partial charge in [0.25, 0.3) is 23.6 Å². The number of imide groups is 1. The molecule has 0 aliphatic carbocycles. The predicted molar refractivity (Wildman–Crippen MR) is 116 cm³/mol. The Morgan fingerprint density at radius 3 is 2.32 bits per heavy atom. The smallest absolute Gasteiger partial charge is 0.266 e. The van der Waals surface area contributed by atoms with Gasteiger partial charge in [0, 0.05) is 5.56 Å². The molecule has 7 heteroatoms. The second-order valence-electron chi connectivity index (χ2n) is 7.36. The van der Waals surface area contributed by atoms with Gasteiger partial charge in [-0.3, -0.25) is 19.2 Å². The molecule has 1 aliphatic heterocycles. The fraction of sp³-hybridized carbons (Fsp3) is 0.0833. The first-order chi connectivity index (χ1) is 14.8. The van der Waals surface area contributed by atoms with E-state index in [0.29, 0.717) is 5.69 Å². The average Bonchev–Trinajstić information content (AvgIpc) is 3.00. The van der Waals surface area contributed by atoms with Crippen LogP contribution in [0.4, 0.5) is 11.4 Å². The van der Waals surface area contributed by atoms with Gasteiger partial charge in [0.15, 0.2) is 0 Å². The maximum atomic E-state index is 13.1. The molecule has 0 radical (unpaired) electrons. The van der Waals surface area contributed by atoms with E-state index in [4.69, 9.17) is 5.73 Å². The molecule has 4 rings (SSSR count). The molecule has 1 heterocycles. The van der Waals surface area contributed by atoms with Crippen LogP contribution in [-0.2, 0) is 0 Å². The van der Waals surface area contributed by atoms with Crippen molar-refractivity contribution in [2.75, 3.05) is 10.2 Å². The third-order valence-electron chi connectivity index (χ3n) is 5.20. The molecular formula is C24H19N3O4.